The fraction of sp³-hybridized carbons (Fsp3) is 0. The maximum atomic E-state index is 6.34. The molecule has 136 valence electrons. The van der Waals surface area contributed by atoms with Crippen LogP contribution in [0.2, 0.25) is 0 Å². The molecule has 5 heteroatoms. The second kappa shape index (κ2) is 6.25. The molecule has 6 rings (SSSR count). The molecule has 0 aromatic heterocycles. The topological polar surface area (TPSA) is 12.5 Å². The van der Waals surface area contributed by atoms with Gasteiger partial charge in [0.25, 0.3) is 0 Å². The van der Waals surface area contributed by atoms with Gasteiger partial charge in [0.05, 0.1) is 17.1 Å². The highest BCUT2D eigenvalue weighted by atomic mass is 79.9. The van der Waals surface area contributed by atoms with Gasteiger partial charge in [0.2, 0.25) is 0 Å². The summed E-state index contributed by atoms with van der Waals surface area (Å²) in [6, 6.07) is 23.7. The number of nitrogens with zero attached hydrogens (tertiary/aromatic N) is 1. The Hall–Kier alpha value is -2.00. The minimum atomic E-state index is -1.15. The van der Waals surface area contributed by atoms with E-state index in [1.807, 2.05) is 0 Å². The first-order valence-corrected chi connectivity index (χ1v) is 13.5. The van der Waals surface area contributed by atoms with Crippen LogP contribution in [0.1, 0.15) is 5.56 Å². The van der Waals surface area contributed by atoms with Gasteiger partial charge < -0.3 is 9.42 Å². The Morgan fingerprint density at radius 1 is 0.821 bits per heavy atom. The van der Waals surface area contributed by atoms with E-state index in [4.69, 9.17) is 4.52 Å². The third-order valence-electron chi connectivity index (χ3n) is 5.37. The minimum Gasteiger partial charge on any atom is -0.467 e. The molecule has 0 amide bonds. The number of hydrogen-bond donors (Lipinski definition) is 0. The van der Waals surface area contributed by atoms with Gasteiger partial charge in [-0.2, -0.15) is 0 Å². The summed E-state index contributed by atoms with van der Waals surface area (Å²) in [6.45, 7) is -1.15. The SMILES string of the molecule is Brc1ccc2c(c1)-c1ccccc1C1=c3ccccc3=C3O[PH](Br)=CC=C3N12. The highest BCUT2D eigenvalue weighted by Gasteiger charge is 2.34. The number of rotatable bonds is 0. The molecule has 3 aliphatic rings. The first-order valence-electron chi connectivity index (χ1n) is 9.01. The number of allylic oxidation sites excluding steroid dienone is 1. The fourth-order valence-electron chi connectivity index (χ4n) is 4.26. The summed E-state index contributed by atoms with van der Waals surface area (Å²) in [6.07, 6.45) is 2.21. The van der Waals surface area contributed by atoms with E-state index in [-0.39, 0.29) is 0 Å². The number of halogens is 2. The molecule has 1 atom stereocenters. The molecule has 0 saturated carbocycles. The molecular formula is C23H14Br2NOP. The summed E-state index contributed by atoms with van der Waals surface area (Å²) < 4.78 is 7.42. The highest BCUT2D eigenvalue weighted by molar-refractivity contribution is 9.38. The van der Waals surface area contributed by atoms with Crippen LogP contribution in [0.25, 0.3) is 22.6 Å². The predicted octanol–water partition coefficient (Wildman–Crippen LogP) is 5.37. The number of hydrogen-bond acceptors (Lipinski definition) is 2. The Balaban J connectivity index is 1.85. The lowest BCUT2D eigenvalue weighted by molar-refractivity contribution is 0.583. The maximum Gasteiger partial charge on any atom is 0.155 e. The van der Waals surface area contributed by atoms with Crippen LogP contribution in [0.15, 0.2) is 83.0 Å². The van der Waals surface area contributed by atoms with E-state index in [2.05, 4.69) is 115 Å². The van der Waals surface area contributed by atoms with Gasteiger partial charge in [0.1, 0.15) is 6.47 Å². The predicted molar refractivity (Wildman–Crippen MR) is 126 cm³/mol. The zero-order valence-electron chi connectivity index (χ0n) is 14.6. The largest absolute Gasteiger partial charge is 0.467 e. The van der Waals surface area contributed by atoms with Crippen molar-refractivity contribution in [2.75, 3.05) is 4.90 Å². The first kappa shape index (κ1) is 16.9. The molecule has 0 fully saturated rings. The van der Waals surface area contributed by atoms with E-state index in [0.717, 1.165) is 21.1 Å². The average Bonchev–Trinajstić information content (AvgIpc) is 2.73. The molecule has 3 heterocycles. The molecule has 0 bridgehead atoms. The van der Waals surface area contributed by atoms with Crippen LogP contribution in [-0.2, 0) is 4.52 Å². The van der Waals surface area contributed by atoms with Gasteiger partial charge in [-0.25, -0.2) is 0 Å². The molecule has 3 aromatic rings. The molecule has 0 aliphatic carbocycles. The number of anilines is 1. The van der Waals surface area contributed by atoms with Crippen LogP contribution in [0.4, 0.5) is 5.69 Å². The second-order valence-corrected chi connectivity index (χ2v) is 11.3. The summed E-state index contributed by atoms with van der Waals surface area (Å²) in [5, 5.41) is 2.37. The molecule has 2 nitrogen and oxygen atoms in total. The van der Waals surface area contributed by atoms with Crippen LogP contribution < -0.4 is 15.3 Å². The zero-order valence-corrected chi connectivity index (χ0v) is 18.8. The summed E-state index contributed by atoms with van der Waals surface area (Å²) in [4.78, 5) is 2.36. The van der Waals surface area contributed by atoms with Crippen molar-refractivity contribution in [3.8, 4) is 11.1 Å². The summed E-state index contributed by atoms with van der Waals surface area (Å²) >= 11 is 7.34. The smallest absolute Gasteiger partial charge is 0.155 e. The van der Waals surface area contributed by atoms with Crippen LogP contribution in [0, 0.1) is 0 Å². The fourth-order valence-corrected chi connectivity index (χ4v) is 6.27. The molecule has 28 heavy (non-hydrogen) atoms. The van der Waals surface area contributed by atoms with Gasteiger partial charge in [-0.3, -0.25) is 0 Å². The normalized spacial score (nSPS) is 18.6. The van der Waals surface area contributed by atoms with Crippen molar-refractivity contribution < 1.29 is 4.52 Å². The molecule has 0 saturated heterocycles. The lowest BCUT2D eigenvalue weighted by Gasteiger charge is -2.40. The van der Waals surface area contributed by atoms with Crippen molar-refractivity contribution in [1.29, 1.82) is 0 Å². The van der Waals surface area contributed by atoms with Crippen molar-refractivity contribution in [1.82, 2.24) is 0 Å². The van der Waals surface area contributed by atoms with Crippen molar-refractivity contribution >= 4 is 60.8 Å². The Morgan fingerprint density at radius 3 is 2.43 bits per heavy atom. The van der Waals surface area contributed by atoms with Gasteiger partial charge in [0, 0.05) is 26.0 Å². The van der Waals surface area contributed by atoms with Gasteiger partial charge in [0.15, 0.2) is 5.76 Å². The van der Waals surface area contributed by atoms with E-state index in [1.54, 1.807) is 0 Å². The van der Waals surface area contributed by atoms with Crippen molar-refractivity contribution in [3.05, 3.63) is 99.0 Å². The Labute approximate surface area is 179 Å². The molecule has 0 radical (unpaired) electrons. The number of fused-ring (bicyclic) bond motifs is 9. The molecule has 1 unspecified atom stereocenters. The Kier molecular flexibility index (Phi) is 3.77. The van der Waals surface area contributed by atoms with E-state index >= 15 is 0 Å². The molecular weight excluding hydrogens is 497 g/mol. The quantitative estimate of drug-likeness (QED) is 0.377. The lowest BCUT2D eigenvalue weighted by atomic mass is 9.87. The van der Waals surface area contributed by atoms with E-state index in [0.29, 0.717) is 0 Å². The third-order valence-corrected chi connectivity index (χ3v) is 7.97. The Bertz CT molecular complexity index is 1370. The van der Waals surface area contributed by atoms with Crippen molar-refractivity contribution in [2.45, 2.75) is 0 Å². The molecule has 3 aliphatic heterocycles. The zero-order chi connectivity index (χ0) is 18.8. The van der Waals surface area contributed by atoms with E-state index in [9.17, 15) is 0 Å². The van der Waals surface area contributed by atoms with Crippen LogP contribution >= 0.6 is 37.9 Å². The minimum absolute atomic E-state index is 0.959. The summed E-state index contributed by atoms with van der Waals surface area (Å²) in [5.41, 5.74) is 7.23. The molecule has 0 N–H and O–H groups in total. The monoisotopic (exact) mass is 509 g/mol. The average molecular weight is 511 g/mol. The molecule has 0 spiro atoms. The van der Waals surface area contributed by atoms with Crippen LogP contribution in [0.5, 0.6) is 0 Å². The highest BCUT2D eigenvalue weighted by Crippen LogP contribution is 2.50. The van der Waals surface area contributed by atoms with Crippen LogP contribution in [-0.4, -0.2) is 5.80 Å². The summed E-state index contributed by atoms with van der Waals surface area (Å²) in [5.74, 6) is 3.11. The Morgan fingerprint density at radius 2 is 1.57 bits per heavy atom. The van der Waals surface area contributed by atoms with Crippen LogP contribution in [0.3, 0.4) is 0 Å². The maximum absolute atomic E-state index is 6.34. The van der Waals surface area contributed by atoms with Crippen molar-refractivity contribution in [3.63, 3.8) is 0 Å². The van der Waals surface area contributed by atoms with Gasteiger partial charge in [-0.05, 0) is 51.1 Å². The van der Waals surface area contributed by atoms with E-state index < -0.39 is 6.47 Å². The summed E-state index contributed by atoms with van der Waals surface area (Å²) in [7, 11) is 0. The lowest BCUT2D eigenvalue weighted by Crippen LogP contribution is -2.44. The third kappa shape index (κ3) is 2.32. The van der Waals surface area contributed by atoms with Gasteiger partial charge in [-0.15, -0.1) is 0 Å². The second-order valence-electron chi connectivity index (χ2n) is 6.89. The van der Waals surface area contributed by atoms with Crippen molar-refractivity contribution in [2.24, 2.45) is 0 Å². The van der Waals surface area contributed by atoms with E-state index in [1.165, 1.54) is 33.3 Å². The number of benzene rings is 3. The first-order chi connectivity index (χ1) is 13.7. The standard InChI is InChI=1S/C23H14Br2NOP/c24-14-9-10-20-19(13-14)15-5-1-2-6-16(15)22-17-7-3-4-8-18(17)23-21(26(20)22)11-12-28(25)27-23/h1-13,28H. The van der Waals surface area contributed by atoms with Gasteiger partial charge >= 0.3 is 0 Å². The molecule has 3 aromatic carbocycles. The van der Waals surface area contributed by atoms with Gasteiger partial charge in [-0.1, -0.05) is 64.5 Å².